The lowest BCUT2D eigenvalue weighted by Gasteiger charge is -2.12. The van der Waals surface area contributed by atoms with E-state index in [-0.39, 0.29) is 0 Å². The van der Waals surface area contributed by atoms with Gasteiger partial charge >= 0.3 is 0 Å². The van der Waals surface area contributed by atoms with Crippen LogP contribution in [0.15, 0.2) is 35.7 Å². The van der Waals surface area contributed by atoms with E-state index >= 15 is 0 Å². The van der Waals surface area contributed by atoms with Crippen molar-refractivity contribution in [3.8, 4) is 11.5 Å². The molecular formula is C19H25Br4NO3. The van der Waals surface area contributed by atoms with Gasteiger partial charge in [-0.3, -0.25) is 0 Å². The summed E-state index contributed by atoms with van der Waals surface area (Å²) in [5.41, 5.74) is 0.952. The fourth-order valence-electron chi connectivity index (χ4n) is 2.11. The maximum Gasteiger partial charge on any atom is 0.147 e. The maximum atomic E-state index is 5.92. The molecule has 1 aromatic carbocycles. The number of hydrogen-bond donors (Lipinski definition) is 0. The lowest BCUT2D eigenvalue weighted by Crippen LogP contribution is -2.00. The number of nitrogens with zero attached hydrogens (tertiary/aromatic N) is 1. The molecular weight excluding hydrogens is 610 g/mol. The minimum absolute atomic E-state index is 0.473. The van der Waals surface area contributed by atoms with Gasteiger partial charge in [0.15, 0.2) is 0 Å². The first-order chi connectivity index (χ1) is 12.9. The first-order valence-electron chi connectivity index (χ1n) is 8.79. The van der Waals surface area contributed by atoms with Gasteiger partial charge in [-0.25, -0.2) is 0 Å². The average molecular weight is 635 g/mol. The number of rotatable bonds is 13. The number of benzene rings is 1. The van der Waals surface area contributed by atoms with Crippen LogP contribution in [0.2, 0.25) is 0 Å². The zero-order chi connectivity index (χ0) is 20.1. The highest BCUT2D eigenvalue weighted by molar-refractivity contribution is 9.28. The molecule has 0 unspecified atom stereocenters. The van der Waals surface area contributed by atoms with Gasteiger partial charge in [0.2, 0.25) is 0 Å². The molecule has 8 heteroatoms. The molecule has 0 aliphatic rings. The molecule has 27 heavy (non-hydrogen) atoms. The third kappa shape index (κ3) is 12.2. The van der Waals surface area contributed by atoms with E-state index in [1.54, 1.807) is 0 Å². The van der Waals surface area contributed by atoms with Gasteiger partial charge in [-0.2, -0.15) is 0 Å². The molecule has 4 nitrogen and oxygen atoms in total. The molecule has 0 aliphatic carbocycles. The highest BCUT2D eigenvalue weighted by atomic mass is 79.9. The lowest BCUT2D eigenvalue weighted by molar-refractivity contribution is 0.139. The van der Waals surface area contributed by atoms with Crippen LogP contribution >= 0.6 is 63.7 Å². The Balaban J connectivity index is 2.24. The second-order valence-corrected chi connectivity index (χ2v) is 10.5. The number of oxime groups is 1. The van der Waals surface area contributed by atoms with Crippen molar-refractivity contribution in [2.24, 2.45) is 5.16 Å². The van der Waals surface area contributed by atoms with Crippen LogP contribution in [0.4, 0.5) is 0 Å². The van der Waals surface area contributed by atoms with Gasteiger partial charge in [0.1, 0.15) is 24.7 Å². The van der Waals surface area contributed by atoms with Gasteiger partial charge in [-0.15, -0.1) is 0 Å². The van der Waals surface area contributed by atoms with Crippen LogP contribution in [0.25, 0.3) is 0 Å². The molecule has 0 bridgehead atoms. The summed E-state index contributed by atoms with van der Waals surface area (Å²) < 4.78 is 14.2. The fraction of sp³-hybridized carbons (Fsp3) is 0.526. The smallest absolute Gasteiger partial charge is 0.147 e. The first kappa shape index (κ1) is 25.0. The summed E-state index contributed by atoms with van der Waals surface area (Å²) >= 11 is 13.7. The van der Waals surface area contributed by atoms with Gasteiger partial charge in [0.25, 0.3) is 0 Å². The molecule has 0 saturated carbocycles. The van der Waals surface area contributed by atoms with Crippen molar-refractivity contribution in [1.82, 2.24) is 0 Å². The van der Waals surface area contributed by atoms with Crippen LogP contribution in [0, 0.1) is 0 Å². The average Bonchev–Trinajstić information content (AvgIpc) is 2.58. The molecule has 0 radical (unpaired) electrons. The van der Waals surface area contributed by atoms with Crippen LogP contribution in [-0.2, 0) is 4.84 Å². The number of halogens is 4. The quantitative estimate of drug-likeness (QED) is 0.126. The summed E-state index contributed by atoms with van der Waals surface area (Å²) in [6.45, 7) is 5.71. The van der Waals surface area contributed by atoms with E-state index in [4.69, 9.17) is 14.3 Å². The lowest BCUT2D eigenvalue weighted by atomic mass is 10.1. The van der Waals surface area contributed by atoms with E-state index < -0.39 is 0 Å². The molecule has 1 aromatic rings. The fourth-order valence-corrected chi connectivity index (χ4v) is 3.74. The Morgan fingerprint density at radius 3 is 2.11 bits per heavy atom. The van der Waals surface area contributed by atoms with Crippen molar-refractivity contribution in [3.05, 3.63) is 30.5 Å². The summed E-state index contributed by atoms with van der Waals surface area (Å²) in [5, 5.41) is 3.92. The second kappa shape index (κ2) is 14.9. The van der Waals surface area contributed by atoms with Gasteiger partial charge < -0.3 is 14.3 Å². The van der Waals surface area contributed by atoms with Crippen LogP contribution in [-0.4, -0.2) is 25.5 Å². The van der Waals surface area contributed by atoms with E-state index in [1.807, 2.05) is 32.1 Å². The Kier molecular flexibility index (Phi) is 13.8. The molecule has 0 fully saturated rings. The normalized spacial score (nSPS) is 10.3. The Bertz CT molecular complexity index is 604. The van der Waals surface area contributed by atoms with E-state index in [1.165, 1.54) is 6.42 Å². The molecule has 0 aromatic heterocycles. The van der Waals surface area contributed by atoms with Crippen LogP contribution in [0.5, 0.6) is 11.5 Å². The van der Waals surface area contributed by atoms with Crippen molar-refractivity contribution in [1.29, 1.82) is 0 Å². The molecule has 0 spiro atoms. The van der Waals surface area contributed by atoms with Crippen LogP contribution in [0.1, 0.15) is 46.0 Å². The molecule has 0 amide bonds. The number of unbranched alkanes of at least 4 members (excludes halogenated alkanes) is 4. The number of hydrogen-bond acceptors (Lipinski definition) is 4. The van der Waals surface area contributed by atoms with E-state index in [9.17, 15) is 0 Å². The highest BCUT2D eigenvalue weighted by Gasteiger charge is 2.09. The third-order valence-electron chi connectivity index (χ3n) is 3.33. The van der Waals surface area contributed by atoms with E-state index in [0.717, 1.165) is 55.2 Å². The van der Waals surface area contributed by atoms with Crippen LogP contribution < -0.4 is 9.47 Å². The Morgan fingerprint density at radius 2 is 1.52 bits per heavy atom. The third-order valence-corrected chi connectivity index (χ3v) is 5.16. The van der Waals surface area contributed by atoms with Gasteiger partial charge in [0, 0.05) is 0 Å². The molecule has 0 aliphatic heterocycles. The highest BCUT2D eigenvalue weighted by Crippen LogP contribution is 2.37. The molecule has 0 heterocycles. The van der Waals surface area contributed by atoms with Gasteiger partial charge in [-0.05, 0) is 115 Å². The minimum Gasteiger partial charge on any atom is -0.491 e. The first-order valence-corrected chi connectivity index (χ1v) is 12.0. The molecule has 1 rings (SSSR count). The predicted molar refractivity (Wildman–Crippen MR) is 127 cm³/mol. The summed E-state index contributed by atoms with van der Waals surface area (Å²) in [6.07, 6.45) is 7.41. The zero-order valence-corrected chi connectivity index (χ0v) is 21.9. The van der Waals surface area contributed by atoms with E-state index in [0.29, 0.717) is 19.8 Å². The van der Waals surface area contributed by atoms with Crippen molar-refractivity contribution in [2.75, 3.05) is 19.8 Å². The van der Waals surface area contributed by atoms with Crippen molar-refractivity contribution < 1.29 is 14.3 Å². The number of ether oxygens (including phenoxy) is 2. The summed E-state index contributed by atoms with van der Waals surface area (Å²) in [7, 11) is 0. The van der Waals surface area contributed by atoms with Crippen molar-refractivity contribution in [3.63, 3.8) is 0 Å². The van der Waals surface area contributed by atoms with E-state index in [2.05, 4.69) is 68.9 Å². The monoisotopic (exact) mass is 631 g/mol. The Hall–Kier alpha value is -0.0500. The van der Waals surface area contributed by atoms with Crippen molar-refractivity contribution in [2.45, 2.75) is 46.0 Å². The predicted octanol–water partition coefficient (Wildman–Crippen LogP) is 7.96. The maximum absolute atomic E-state index is 5.92. The summed E-state index contributed by atoms with van der Waals surface area (Å²) in [4.78, 5) is 5.19. The summed E-state index contributed by atoms with van der Waals surface area (Å²) in [6, 6.07) is 3.83. The SMILES string of the molecule is CC(C)=NOCCCCCCCOc1c(Br)cc(OCC=C(Br)Br)cc1Br. The van der Waals surface area contributed by atoms with Gasteiger partial charge in [-0.1, -0.05) is 18.0 Å². The largest absolute Gasteiger partial charge is 0.491 e. The van der Waals surface area contributed by atoms with Crippen LogP contribution in [0.3, 0.4) is 0 Å². The Morgan fingerprint density at radius 1 is 0.926 bits per heavy atom. The molecule has 0 atom stereocenters. The summed E-state index contributed by atoms with van der Waals surface area (Å²) in [5.74, 6) is 1.57. The topological polar surface area (TPSA) is 40.0 Å². The van der Waals surface area contributed by atoms with Crippen molar-refractivity contribution >= 4 is 69.4 Å². The molecule has 0 saturated heterocycles. The molecule has 152 valence electrons. The Labute approximate surface area is 195 Å². The standard InChI is InChI=1S/C19H25Br4NO3/c1-14(2)24-27-10-7-5-3-4-6-9-26-19-16(20)12-15(13-17(19)21)25-11-8-18(22)23/h8,12-13H,3-7,9-11H2,1-2H3. The minimum atomic E-state index is 0.473. The second-order valence-electron chi connectivity index (χ2n) is 6.01. The van der Waals surface area contributed by atoms with Gasteiger partial charge in [0.05, 0.1) is 24.7 Å². The zero-order valence-electron chi connectivity index (χ0n) is 15.6. The molecule has 0 N–H and O–H groups in total.